The summed E-state index contributed by atoms with van der Waals surface area (Å²) in [6.45, 7) is 7.73. The number of aromatic nitrogens is 2. The standard InChI is InChI=1S/C16H25N3S/c1-4-9-14(17-6-3)15(5-2)20-16-18-12-10-7-8-11-13(12)19-16/h7-8,10-11,14-15,17H,4-6,9H2,1-3H3,(H,18,19). The molecule has 1 aromatic carbocycles. The van der Waals surface area contributed by atoms with Crippen molar-refractivity contribution in [3.05, 3.63) is 24.3 Å². The van der Waals surface area contributed by atoms with E-state index in [0.717, 1.165) is 29.2 Å². The summed E-state index contributed by atoms with van der Waals surface area (Å²) in [4.78, 5) is 8.11. The van der Waals surface area contributed by atoms with Gasteiger partial charge in [-0.05, 0) is 31.5 Å². The fraction of sp³-hybridized carbons (Fsp3) is 0.562. The minimum atomic E-state index is 0.563. The Hall–Kier alpha value is -1.00. The number of H-pyrrole nitrogens is 1. The maximum absolute atomic E-state index is 4.68. The van der Waals surface area contributed by atoms with Gasteiger partial charge in [-0.2, -0.15) is 0 Å². The SMILES string of the molecule is CCCC(NCC)C(CC)Sc1nc2ccccc2[nH]1. The second kappa shape index (κ2) is 7.70. The molecule has 0 fully saturated rings. The number of fused-ring (bicyclic) bond motifs is 1. The Morgan fingerprint density at radius 3 is 2.70 bits per heavy atom. The van der Waals surface area contributed by atoms with Gasteiger partial charge in [0.1, 0.15) is 0 Å². The molecule has 3 nitrogen and oxygen atoms in total. The van der Waals surface area contributed by atoms with Crippen LogP contribution in [0.3, 0.4) is 0 Å². The van der Waals surface area contributed by atoms with Crippen LogP contribution in [-0.2, 0) is 0 Å². The van der Waals surface area contributed by atoms with Gasteiger partial charge in [-0.25, -0.2) is 4.98 Å². The number of thioether (sulfide) groups is 1. The summed E-state index contributed by atoms with van der Waals surface area (Å²) in [6.07, 6.45) is 3.59. The van der Waals surface area contributed by atoms with Crippen LogP contribution in [-0.4, -0.2) is 27.8 Å². The molecule has 0 aliphatic heterocycles. The fourth-order valence-electron chi connectivity index (χ4n) is 2.57. The van der Waals surface area contributed by atoms with Crippen molar-refractivity contribution in [2.24, 2.45) is 0 Å². The molecule has 0 bridgehead atoms. The van der Waals surface area contributed by atoms with E-state index in [4.69, 9.17) is 0 Å². The Kier molecular flexibility index (Phi) is 5.92. The molecule has 2 rings (SSSR count). The van der Waals surface area contributed by atoms with Crippen molar-refractivity contribution in [3.63, 3.8) is 0 Å². The van der Waals surface area contributed by atoms with E-state index in [2.05, 4.69) is 48.2 Å². The molecular formula is C16H25N3S. The zero-order chi connectivity index (χ0) is 14.4. The molecule has 2 atom stereocenters. The average molecular weight is 291 g/mol. The highest BCUT2D eigenvalue weighted by atomic mass is 32.2. The fourth-order valence-corrected chi connectivity index (χ4v) is 3.74. The lowest BCUT2D eigenvalue weighted by atomic mass is 10.1. The molecule has 110 valence electrons. The van der Waals surface area contributed by atoms with E-state index in [9.17, 15) is 0 Å². The molecule has 2 aromatic rings. The smallest absolute Gasteiger partial charge is 0.166 e. The second-order valence-corrected chi connectivity index (χ2v) is 6.30. The number of benzene rings is 1. The third-order valence-corrected chi connectivity index (χ3v) is 4.93. The van der Waals surface area contributed by atoms with Crippen LogP contribution in [0.5, 0.6) is 0 Å². The van der Waals surface area contributed by atoms with Crippen molar-refractivity contribution in [3.8, 4) is 0 Å². The number of imidazole rings is 1. The summed E-state index contributed by atoms with van der Waals surface area (Å²) in [7, 11) is 0. The van der Waals surface area contributed by atoms with E-state index in [1.807, 2.05) is 23.9 Å². The summed E-state index contributed by atoms with van der Waals surface area (Å²) < 4.78 is 0. The number of hydrogen-bond donors (Lipinski definition) is 2. The van der Waals surface area contributed by atoms with Crippen molar-refractivity contribution < 1.29 is 0 Å². The van der Waals surface area contributed by atoms with Gasteiger partial charge in [0.05, 0.1) is 11.0 Å². The van der Waals surface area contributed by atoms with E-state index in [-0.39, 0.29) is 0 Å². The quantitative estimate of drug-likeness (QED) is 0.716. The van der Waals surface area contributed by atoms with Gasteiger partial charge < -0.3 is 10.3 Å². The number of nitrogens with zero attached hydrogens (tertiary/aromatic N) is 1. The summed E-state index contributed by atoms with van der Waals surface area (Å²) in [6, 6.07) is 8.79. The van der Waals surface area contributed by atoms with E-state index in [1.165, 1.54) is 12.8 Å². The lowest BCUT2D eigenvalue weighted by Crippen LogP contribution is -2.37. The molecule has 4 heteroatoms. The molecule has 0 spiro atoms. The number of nitrogens with one attached hydrogen (secondary N) is 2. The predicted molar refractivity (Wildman–Crippen MR) is 88.4 cm³/mol. The molecule has 2 unspecified atom stereocenters. The van der Waals surface area contributed by atoms with Crippen LogP contribution in [0.2, 0.25) is 0 Å². The third kappa shape index (κ3) is 3.76. The largest absolute Gasteiger partial charge is 0.333 e. The number of aromatic amines is 1. The van der Waals surface area contributed by atoms with Crippen molar-refractivity contribution in [1.82, 2.24) is 15.3 Å². The van der Waals surface area contributed by atoms with E-state index in [1.54, 1.807) is 0 Å². The lowest BCUT2D eigenvalue weighted by Gasteiger charge is -2.25. The minimum Gasteiger partial charge on any atom is -0.333 e. The molecule has 0 radical (unpaired) electrons. The topological polar surface area (TPSA) is 40.7 Å². The molecule has 0 aliphatic rings. The first-order valence-corrected chi connectivity index (χ1v) is 8.51. The maximum Gasteiger partial charge on any atom is 0.166 e. The Morgan fingerprint density at radius 1 is 1.25 bits per heavy atom. The van der Waals surface area contributed by atoms with E-state index < -0.39 is 0 Å². The summed E-state index contributed by atoms with van der Waals surface area (Å²) in [5.41, 5.74) is 2.18. The molecule has 1 heterocycles. The van der Waals surface area contributed by atoms with Crippen molar-refractivity contribution in [2.75, 3.05) is 6.54 Å². The van der Waals surface area contributed by atoms with Crippen molar-refractivity contribution in [2.45, 2.75) is 56.5 Å². The van der Waals surface area contributed by atoms with Crippen LogP contribution in [0, 0.1) is 0 Å². The van der Waals surface area contributed by atoms with Crippen LogP contribution in [0.15, 0.2) is 29.4 Å². The third-order valence-electron chi connectivity index (χ3n) is 3.55. The summed E-state index contributed by atoms with van der Waals surface area (Å²) in [5.74, 6) is 0. The molecule has 20 heavy (non-hydrogen) atoms. The van der Waals surface area contributed by atoms with Gasteiger partial charge in [0, 0.05) is 11.3 Å². The lowest BCUT2D eigenvalue weighted by molar-refractivity contribution is 0.465. The Balaban J connectivity index is 2.11. The zero-order valence-electron chi connectivity index (χ0n) is 12.6. The predicted octanol–water partition coefficient (Wildman–Crippen LogP) is 4.21. The molecule has 0 saturated carbocycles. The van der Waals surface area contributed by atoms with Gasteiger partial charge >= 0.3 is 0 Å². The molecule has 0 amide bonds. The number of hydrogen-bond acceptors (Lipinski definition) is 3. The van der Waals surface area contributed by atoms with Crippen LogP contribution in [0.25, 0.3) is 11.0 Å². The van der Waals surface area contributed by atoms with Crippen LogP contribution in [0.4, 0.5) is 0 Å². The first kappa shape index (κ1) is 15.4. The van der Waals surface area contributed by atoms with Gasteiger partial charge in [-0.3, -0.25) is 0 Å². The first-order chi connectivity index (χ1) is 9.78. The van der Waals surface area contributed by atoms with Crippen molar-refractivity contribution in [1.29, 1.82) is 0 Å². The molecule has 0 aliphatic carbocycles. The van der Waals surface area contributed by atoms with E-state index in [0.29, 0.717) is 11.3 Å². The maximum atomic E-state index is 4.68. The van der Waals surface area contributed by atoms with Gasteiger partial charge in [0.2, 0.25) is 0 Å². The second-order valence-electron chi connectivity index (χ2n) is 5.08. The van der Waals surface area contributed by atoms with Crippen LogP contribution in [0.1, 0.15) is 40.0 Å². The van der Waals surface area contributed by atoms with Gasteiger partial charge in [0.25, 0.3) is 0 Å². The first-order valence-electron chi connectivity index (χ1n) is 7.63. The van der Waals surface area contributed by atoms with Crippen LogP contribution >= 0.6 is 11.8 Å². The molecule has 2 N–H and O–H groups in total. The highest BCUT2D eigenvalue weighted by Crippen LogP contribution is 2.28. The Morgan fingerprint density at radius 2 is 2.05 bits per heavy atom. The number of rotatable bonds is 8. The van der Waals surface area contributed by atoms with Gasteiger partial charge in [-0.1, -0.05) is 51.1 Å². The summed E-state index contributed by atoms with van der Waals surface area (Å²) in [5, 5.41) is 5.23. The molecule has 0 saturated heterocycles. The Labute approximate surface area is 125 Å². The van der Waals surface area contributed by atoms with Crippen LogP contribution < -0.4 is 5.32 Å². The summed E-state index contributed by atoms with van der Waals surface area (Å²) >= 11 is 1.87. The highest BCUT2D eigenvalue weighted by Gasteiger charge is 2.20. The number of para-hydroxylation sites is 2. The monoisotopic (exact) mass is 291 g/mol. The van der Waals surface area contributed by atoms with Crippen molar-refractivity contribution >= 4 is 22.8 Å². The van der Waals surface area contributed by atoms with E-state index >= 15 is 0 Å². The normalized spacial score (nSPS) is 14.6. The minimum absolute atomic E-state index is 0.563. The highest BCUT2D eigenvalue weighted by molar-refractivity contribution is 7.99. The Bertz CT molecular complexity index is 484. The average Bonchev–Trinajstić information content (AvgIpc) is 2.87. The zero-order valence-corrected chi connectivity index (χ0v) is 13.5. The molecular weight excluding hydrogens is 266 g/mol. The molecule has 1 aromatic heterocycles. The van der Waals surface area contributed by atoms with Gasteiger partial charge in [0.15, 0.2) is 5.16 Å². The van der Waals surface area contributed by atoms with Gasteiger partial charge in [-0.15, -0.1) is 0 Å².